The molecule has 3 unspecified atom stereocenters. The van der Waals surface area contributed by atoms with Crippen molar-refractivity contribution in [1.82, 2.24) is 0 Å². The number of rotatable bonds is 3. The summed E-state index contributed by atoms with van der Waals surface area (Å²) in [6.07, 6.45) is 3.66. The Kier molecular flexibility index (Phi) is 5.51. The van der Waals surface area contributed by atoms with E-state index in [1.807, 2.05) is 31.2 Å². The van der Waals surface area contributed by atoms with E-state index in [2.05, 4.69) is 4.99 Å². The molecule has 7 heteroatoms. The number of carboxylic acids is 1. The van der Waals surface area contributed by atoms with E-state index in [9.17, 15) is 18.0 Å². The maximum absolute atomic E-state index is 13.0. The molecule has 1 saturated carbocycles. The predicted octanol–water partition coefficient (Wildman–Crippen LogP) is 3.61. The predicted molar refractivity (Wildman–Crippen MR) is 85.5 cm³/mol. The first-order valence-electron chi connectivity index (χ1n) is 7.94. The normalized spacial score (nSPS) is 31.3. The summed E-state index contributed by atoms with van der Waals surface area (Å²) in [5.41, 5.74) is 5.43. The second kappa shape index (κ2) is 7.23. The Labute approximate surface area is 138 Å². The maximum Gasteiger partial charge on any atom is 0.392 e. The summed E-state index contributed by atoms with van der Waals surface area (Å²) in [7, 11) is 0. The van der Waals surface area contributed by atoms with Gasteiger partial charge in [0.2, 0.25) is 0 Å². The third-order valence-electron chi connectivity index (χ3n) is 4.54. The molecule has 0 aromatic heterocycles. The number of halogens is 3. The molecular weight excluding hydrogens is 321 g/mol. The van der Waals surface area contributed by atoms with Gasteiger partial charge in [0.25, 0.3) is 0 Å². The molecule has 0 aliphatic heterocycles. The molecule has 3 N–H and O–H groups in total. The second-order valence-electron chi connectivity index (χ2n) is 6.09. The van der Waals surface area contributed by atoms with Crippen LogP contribution >= 0.6 is 0 Å². The third kappa shape index (κ3) is 4.07. The first-order chi connectivity index (χ1) is 11.2. The molecule has 2 rings (SSSR count). The number of nitrogens with two attached hydrogens (primary N) is 1. The van der Waals surface area contributed by atoms with Gasteiger partial charge in [0.15, 0.2) is 0 Å². The fourth-order valence-electron chi connectivity index (χ4n) is 3.08. The highest BCUT2D eigenvalue weighted by Gasteiger charge is 2.43. The molecule has 3 atom stereocenters. The van der Waals surface area contributed by atoms with Gasteiger partial charge < -0.3 is 10.8 Å². The van der Waals surface area contributed by atoms with Gasteiger partial charge in [-0.05, 0) is 25.7 Å². The number of hydrogen-bond donors (Lipinski definition) is 2. The van der Waals surface area contributed by atoms with Crippen LogP contribution in [-0.4, -0.2) is 29.0 Å². The second-order valence-corrected chi connectivity index (χ2v) is 6.09. The molecule has 0 spiro atoms. The average Bonchev–Trinajstić information content (AvgIpc) is 2.54. The highest BCUT2D eigenvalue weighted by molar-refractivity contribution is 6.06. The lowest BCUT2D eigenvalue weighted by molar-refractivity contribution is -0.176. The smallest absolute Gasteiger partial charge is 0.392 e. The van der Waals surface area contributed by atoms with Gasteiger partial charge in [0.05, 0.1) is 12.0 Å². The summed E-state index contributed by atoms with van der Waals surface area (Å²) in [5, 5.41) is 9.10. The maximum atomic E-state index is 13.0. The van der Waals surface area contributed by atoms with Crippen molar-refractivity contribution in [3.8, 4) is 0 Å². The number of carboxylic acid groups (broad SMARTS) is 1. The molecule has 0 saturated heterocycles. The fraction of sp³-hybridized carbons (Fsp3) is 0.529. The van der Waals surface area contributed by atoms with E-state index in [-0.39, 0.29) is 30.4 Å². The molecule has 4 nitrogen and oxygen atoms in total. The van der Waals surface area contributed by atoms with Crippen molar-refractivity contribution in [1.29, 1.82) is 0 Å². The Balaban J connectivity index is 2.36. The molecule has 24 heavy (non-hydrogen) atoms. The standard InChI is InChI=1S/C17H21F3N2O2/c1-2-10-5-3-4-6-13(10)22-14-8-7-11(17(18,19)20)9-12(14)15(21)16(23)24/h3-6,10-11,13H,2,7-9,21H2,1H3,(H,23,24). The summed E-state index contributed by atoms with van der Waals surface area (Å²) in [6.45, 7) is 2.00. The van der Waals surface area contributed by atoms with E-state index in [0.717, 1.165) is 6.42 Å². The number of aliphatic carboxylic acids is 1. The molecule has 0 heterocycles. The Hall–Kier alpha value is -2.05. The number of nitrogens with zero attached hydrogens (tertiary/aromatic N) is 1. The number of carbonyl (C=O) groups is 1. The van der Waals surface area contributed by atoms with E-state index >= 15 is 0 Å². The van der Waals surface area contributed by atoms with E-state index in [0.29, 0.717) is 5.71 Å². The number of hydrogen-bond acceptors (Lipinski definition) is 3. The SMILES string of the molecule is CCC1C=CC=CC1N=C1CCC(C(F)(F)F)CC1=C(N)C(=O)O. The first-order valence-corrected chi connectivity index (χ1v) is 7.94. The van der Waals surface area contributed by atoms with Crippen molar-refractivity contribution in [2.75, 3.05) is 0 Å². The zero-order valence-electron chi connectivity index (χ0n) is 13.4. The van der Waals surface area contributed by atoms with Crippen LogP contribution in [0.2, 0.25) is 0 Å². The summed E-state index contributed by atoms with van der Waals surface area (Å²) in [5.74, 6) is -2.84. The van der Waals surface area contributed by atoms with Crippen LogP contribution in [0.4, 0.5) is 13.2 Å². The van der Waals surface area contributed by atoms with Crippen LogP contribution in [0.1, 0.15) is 32.6 Å². The van der Waals surface area contributed by atoms with Gasteiger partial charge in [-0.1, -0.05) is 31.2 Å². The Morgan fingerprint density at radius 2 is 2.04 bits per heavy atom. The summed E-state index contributed by atoms with van der Waals surface area (Å²) < 4.78 is 39.0. The lowest BCUT2D eigenvalue weighted by atomic mass is 9.82. The highest BCUT2D eigenvalue weighted by Crippen LogP contribution is 2.39. The Morgan fingerprint density at radius 1 is 1.38 bits per heavy atom. The molecule has 2 aliphatic carbocycles. The van der Waals surface area contributed by atoms with E-state index in [1.54, 1.807) is 0 Å². The molecule has 0 aromatic carbocycles. The Bertz CT molecular complexity index is 618. The van der Waals surface area contributed by atoms with Crippen molar-refractivity contribution < 1.29 is 23.1 Å². The van der Waals surface area contributed by atoms with Crippen LogP contribution in [0.3, 0.4) is 0 Å². The molecule has 0 aromatic rings. The number of allylic oxidation sites excluding steroid dienone is 3. The molecule has 0 bridgehead atoms. The molecular formula is C17H21F3N2O2. The summed E-state index contributed by atoms with van der Waals surface area (Å²) >= 11 is 0. The van der Waals surface area contributed by atoms with Crippen molar-refractivity contribution in [3.05, 3.63) is 35.6 Å². The monoisotopic (exact) mass is 342 g/mol. The van der Waals surface area contributed by atoms with Gasteiger partial charge in [0, 0.05) is 17.2 Å². The van der Waals surface area contributed by atoms with Crippen molar-refractivity contribution in [2.45, 2.75) is 44.8 Å². The topological polar surface area (TPSA) is 75.7 Å². The number of alkyl halides is 3. The molecule has 132 valence electrons. The van der Waals surface area contributed by atoms with Crippen LogP contribution in [-0.2, 0) is 4.79 Å². The van der Waals surface area contributed by atoms with Gasteiger partial charge in [-0.15, -0.1) is 0 Å². The quantitative estimate of drug-likeness (QED) is 0.769. The van der Waals surface area contributed by atoms with Crippen LogP contribution in [0.25, 0.3) is 0 Å². The molecule has 0 radical (unpaired) electrons. The van der Waals surface area contributed by atoms with Gasteiger partial charge in [0.1, 0.15) is 5.70 Å². The fourth-order valence-corrected chi connectivity index (χ4v) is 3.08. The zero-order chi connectivity index (χ0) is 17.9. The van der Waals surface area contributed by atoms with Gasteiger partial charge >= 0.3 is 12.1 Å². The largest absolute Gasteiger partial charge is 0.477 e. The van der Waals surface area contributed by atoms with Crippen molar-refractivity contribution >= 4 is 11.7 Å². The highest BCUT2D eigenvalue weighted by atomic mass is 19.4. The number of aliphatic imine (C=N–C) groups is 1. The lowest BCUT2D eigenvalue weighted by Gasteiger charge is -2.29. The van der Waals surface area contributed by atoms with Gasteiger partial charge in [-0.3, -0.25) is 4.99 Å². The van der Waals surface area contributed by atoms with E-state index in [4.69, 9.17) is 10.8 Å². The van der Waals surface area contributed by atoms with E-state index in [1.165, 1.54) is 0 Å². The van der Waals surface area contributed by atoms with Gasteiger partial charge in [-0.25, -0.2) is 4.79 Å². The molecule has 0 amide bonds. The molecule has 1 fully saturated rings. The van der Waals surface area contributed by atoms with Crippen molar-refractivity contribution in [2.24, 2.45) is 22.6 Å². The minimum atomic E-state index is -4.37. The minimum absolute atomic E-state index is 0.0221. The lowest BCUT2D eigenvalue weighted by Crippen LogP contribution is -2.33. The first kappa shape index (κ1) is 18.3. The summed E-state index contributed by atoms with van der Waals surface area (Å²) in [6, 6.07) is -0.200. The zero-order valence-corrected chi connectivity index (χ0v) is 13.4. The van der Waals surface area contributed by atoms with Crippen LogP contribution in [0.5, 0.6) is 0 Å². The van der Waals surface area contributed by atoms with Crippen LogP contribution in [0, 0.1) is 11.8 Å². The van der Waals surface area contributed by atoms with Crippen LogP contribution < -0.4 is 5.73 Å². The van der Waals surface area contributed by atoms with Crippen molar-refractivity contribution in [3.63, 3.8) is 0 Å². The van der Waals surface area contributed by atoms with E-state index < -0.39 is 30.2 Å². The molecule has 2 aliphatic rings. The van der Waals surface area contributed by atoms with Gasteiger partial charge in [-0.2, -0.15) is 13.2 Å². The summed E-state index contributed by atoms with van der Waals surface area (Å²) in [4.78, 5) is 15.7. The van der Waals surface area contributed by atoms with Crippen LogP contribution in [0.15, 0.2) is 40.6 Å². The Morgan fingerprint density at radius 3 is 2.62 bits per heavy atom. The third-order valence-corrected chi connectivity index (χ3v) is 4.54. The minimum Gasteiger partial charge on any atom is -0.477 e. The average molecular weight is 342 g/mol.